The van der Waals surface area contributed by atoms with Crippen molar-refractivity contribution in [3.05, 3.63) is 65.2 Å². The Morgan fingerprint density at radius 3 is 2.54 bits per heavy atom. The van der Waals surface area contributed by atoms with E-state index in [2.05, 4.69) is 25.6 Å². The fraction of sp³-hybridized carbons (Fsp3) is 0.200. The van der Waals surface area contributed by atoms with Gasteiger partial charge < -0.3 is 16.4 Å². The third-order valence-electron chi connectivity index (χ3n) is 4.70. The number of anilines is 4. The summed E-state index contributed by atoms with van der Waals surface area (Å²) in [6, 6.07) is 6.13. The van der Waals surface area contributed by atoms with Gasteiger partial charge in [-0.2, -0.15) is 18.2 Å². The van der Waals surface area contributed by atoms with Crippen molar-refractivity contribution in [2.45, 2.75) is 12.7 Å². The van der Waals surface area contributed by atoms with Crippen molar-refractivity contribution in [3.8, 4) is 0 Å². The molecule has 0 atom stereocenters. The molecule has 35 heavy (non-hydrogen) atoms. The van der Waals surface area contributed by atoms with Crippen LogP contribution in [-0.2, 0) is 22.7 Å². The van der Waals surface area contributed by atoms with E-state index in [1.54, 1.807) is 0 Å². The Kier molecular flexibility index (Phi) is 7.09. The molecule has 0 fully saturated rings. The predicted molar refractivity (Wildman–Crippen MR) is 120 cm³/mol. The minimum absolute atomic E-state index is 0.00815. The molecular weight excluding hydrogens is 494 g/mol. The zero-order chi connectivity index (χ0) is 26.0. The van der Waals surface area contributed by atoms with Crippen molar-refractivity contribution >= 4 is 39.2 Å². The van der Waals surface area contributed by atoms with Crippen LogP contribution in [0.1, 0.15) is 21.5 Å². The lowest BCUT2D eigenvalue weighted by molar-refractivity contribution is -0.137. The van der Waals surface area contributed by atoms with Crippen molar-refractivity contribution in [2.24, 2.45) is 5.73 Å². The van der Waals surface area contributed by atoms with Gasteiger partial charge in [-0.05, 0) is 24.3 Å². The monoisotopic (exact) mass is 513 g/mol. The molecule has 1 aromatic carbocycles. The van der Waals surface area contributed by atoms with Gasteiger partial charge in [0.05, 0.1) is 11.9 Å². The van der Waals surface area contributed by atoms with Crippen molar-refractivity contribution < 1.29 is 30.8 Å². The number of primary amides is 1. The molecule has 0 saturated heterocycles. The number of sulfonamides is 1. The highest BCUT2D eigenvalue weighted by Gasteiger charge is 2.35. The van der Waals surface area contributed by atoms with Crippen LogP contribution in [0, 0.1) is 5.82 Å². The van der Waals surface area contributed by atoms with Crippen LogP contribution in [0.5, 0.6) is 0 Å². The van der Waals surface area contributed by atoms with E-state index in [0.29, 0.717) is 6.20 Å². The number of amides is 1. The number of hydrogen-bond acceptors (Lipinski definition) is 8. The second-order valence-electron chi connectivity index (χ2n) is 7.21. The van der Waals surface area contributed by atoms with Crippen LogP contribution in [0.15, 0.2) is 42.7 Å². The first-order chi connectivity index (χ1) is 16.3. The molecular formula is C20H19F4N7O3S. The van der Waals surface area contributed by atoms with Gasteiger partial charge in [0.25, 0.3) is 0 Å². The Balaban J connectivity index is 1.95. The molecule has 0 aliphatic heterocycles. The van der Waals surface area contributed by atoms with Crippen LogP contribution in [0.25, 0.3) is 0 Å². The van der Waals surface area contributed by atoms with Crippen molar-refractivity contribution in [1.29, 1.82) is 0 Å². The third kappa shape index (κ3) is 6.11. The van der Waals surface area contributed by atoms with Crippen molar-refractivity contribution in [3.63, 3.8) is 0 Å². The standard InChI is InChI=1S/C20H19F4N7O3S/c1-31(35(2,33)34)18-12(4-3-7-26-18)9-27-17-13(20(22,23)24)10-28-19(30-17)29-15-8-11(16(25)32)5-6-14(15)21/h3-8,10H,9H2,1-2H3,(H2,25,32)(H2,27,28,29,30). The van der Waals surface area contributed by atoms with Gasteiger partial charge in [0, 0.05) is 37.1 Å². The number of pyridine rings is 1. The molecule has 0 aliphatic carbocycles. The lowest BCUT2D eigenvalue weighted by Gasteiger charge is -2.20. The van der Waals surface area contributed by atoms with E-state index in [9.17, 15) is 30.8 Å². The maximum Gasteiger partial charge on any atom is 0.421 e. The van der Waals surface area contributed by atoms with E-state index in [4.69, 9.17) is 5.73 Å². The van der Waals surface area contributed by atoms with Gasteiger partial charge in [0.15, 0.2) is 0 Å². The van der Waals surface area contributed by atoms with E-state index in [0.717, 1.165) is 28.8 Å². The van der Waals surface area contributed by atoms with E-state index >= 15 is 0 Å². The molecule has 0 spiro atoms. The summed E-state index contributed by atoms with van der Waals surface area (Å²) in [5, 5.41) is 4.93. The molecule has 0 bridgehead atoms. The first-order valence-electron chi connectivity index (χ1n) is 9.69. The van der Waals surface area contributed by atoms with Crippen LogP contribution in [0.3, 0.4) is 0 Å². The highest BCUT2D eigenvalue weighted by molar-refractivity contribution is 7.92. The van der Waals surface area contributed by atoms with Gasteiger partial charge in [0.1, 0.15) is 23.0 Å². The van der Waals surface area contributed by atoms with E-state index < -0.39 is 45.3 Å². The third-order valence-corrected chi connectivity index (χ3v) is 5.87. The molecule has 4 N–H and O–H groups in total. The minimum atomic E-state index is -4.83. The number of halogens is 4. The Morgan fingerprint density at radius 1 is 1.20 bits per heavy atom. The number of rotatable bonds is 8. The number of aromatic nitrogens is 3. The number of carbonyl (C=O) groups excluding carboxylic acids is 1. The van der Waals surface area contributed by atoms with Gasteiger partial charge in [0.2, 0.25) is 21.9 Å². The Bertz CT molecular complexity index is 1370. The number of nitrogens with one attached hydrogen (secondary N) is 2. The van der Waals surface area contributed by atoms with Gasteiger partial charge >= 0.3 is 6.18 Å². The summed E-state index contributed by atoms with van der Waals surface area (Å²) in [7, 11) is -2.44. The first kappa shape index (κ1) is 25.6. The molecule has 2 aromatic heterocycles. The molecule has 1 amide bonds. The predicted octanol–water partition coefficient (Wildman–Crippen LogP) is 2.88. The second-order valence-corrected chi connectivity index (χ2v) is 9.22. The molecule has 10 nitrogen and oxygen atoms in total. The Labute approximate surface area is 197 Å². The fourth-order valence-electron chi connectivity index (χ4n) is 2.87. The number of hydrogen-bond donors (Lipinski definition) is 3. The number of alkyl halides is 3. The van der Waals surface area contributed by atoms with Crippen molar-refractivity contribution in [2.75, 3.05) is 28.2 Å². The number of nitrogens with zero attached hydrogens (tertiary/aromatic N) is 4. The summed E-state index contributed by atoms with van der Waals surface area (Å²) in [6.07, 6.45) is -2.04. The summed E-state index contributed by atoms with van der Waals surface area (Å²) < 4.78 is 79.5. The average molecular weight is 513 g/mol. The van der Waals surface area contributed by atoms with Gasteiger partial charge in [-0.25, -0.2) is 22.8 Å². The van der Waals surface area contributed by atoms with Gasteiger partial charge in [-0.1, -0.05) is 6.07 Å². The molecule has 0 radical (unpaired) electrons. The highest BCUT2D eigenvalue weighted by Crippen LogP contribution is 2.34. The second kappa shape index (κ2) is 9.69. The SMILES string of the molecule is CN(c1ncccc1CNc1nc(Nc2cc(C(N)=O)ccc2F)ncc1C(F)(F)F)S(C)(=O)=O. The van der Waals surface area contributed by atoms with Crippen LogP contribution < -0.4 is 20.7 Å². The summed E-state index contributed by atoms with van der Waals surface area (Å²) in [5.74, 6) is -2.71. The Morgan fingerprint density at radius 2 is 1.91 bits per heavy atom. The van der Waals surface area contributed by atoms with Crippen LogP contribution in [-0.4, -0.2) is 42.6 Å². The van der Waals surface area contributed by atoms with E-state index in [1.165, 1.54) is 25.4 Å². The topological polar surface area (TPSA) is 143 Å². The van der Waals surface area contributed by atoms with Gasteiger partial charge in [-0.3, -0.25) is 9.10 Å². The first-order valence-corrected chi connectivity index (χ1v) is 11.5. The lowest BCUT2D eigenvalue weighted by Crippen LogP contribution is -2.27. The maximum atomic E-state index is 14.1. The number of carbonyl (C=O) groups is 1. The molecule has 0 aliphatic rings. The largest absolute Gasteiger partial charge is 0.421 e. The molecule has 3 rings (SSSR count). The zero-order valence-corrected chi connectivity index (χ0v) is 19.1. The fourth-order valence-corrected chi connectivity index (χ4v) is 3.35. The Hall–Kier alpha value is -4.01. The number of nitrogens with two attached hydrogens (primary N) is 1. The van der Waals surface area contributed by atoms with E-state index in [-0.39, 0.29) is 29.2 Å². The minimum Gasteiger partial charge on any atom is -0.366 e. The smallest absolute Gasteiger partial charge is 0.366 e. The zero-order valence-electron chi connectivity index (χ0n) is 18.3. The molecule has 3 aromatic rings. The molecule has 15 heteroatoms. The quantitative estimate of drug-likeness (QED) is 0.390. The summed E-state index contributed by atoms with van der Waals surface area (Å²) >= 11 is 0. The lowest BCUT2D eigenvalue weighted by atomic mass is 10.2. The average Bonchev–Trinajstić information content (AvgIpc) is 2.77. The van der Waals surface area contributed by atoms with Gasteiger partial charge in [-0.15, -0.1) is 0 Å². The summed E-state index contributed by atoms with van der Waals surface area (Å²) in [6.45, 7) is -0.284. The van der Waals surface area contributed by atoms with Crippen LogP contribution >= 0.6 is 0 Å². The normalized spacial score (nSPS) is 11.7. The molecule has 186 valence electrons. The number of benzene rings is 1. The van der Waals surface area contributed by atoms with E-state index in [1.807, 2.05) is 0 Å². The maximum absolute atomic E-state index is 14.1. The van der Waals surface area contributed by atoms with Crippen molar-refractivity contribution in [1.82, 2.24) is 15.0 Å². The summed E-state index contributed by atoms with van der Waals surface area (Å²) in [5.41, 5.74) is 3.90. The van der Waals surface area contributed by atoms with Crippen LogP contribution in [0.2, 0.25) is 0 Å². The van der Waals surface area contributed by atoms with Crippen LogP contribution in [0.4, 0.5) is 40.8 Å². The summed E-state index contributed by atoms with van der Waals surface area (Å²) in [4.78, 5) is 22.7. The highest BCUT2D eigenvalue weighted by atomic mass is 32.2. The molecule has 0 saturated carbocycles. The molecule has 0 unspecified atom stereocenters. The molecule has 2 heterocycles.